The van der Waals surface area contributed by atoms with E-state index in [4.69, 9.17) is 4.74 Å². The summed E-state index contributed by atoms with van der Waals surface area (Å²) in [5.41, 5.74) is 1.55. The Labute approximate surface area is 116 Å². The van der Waals surface area contributed by atoms with Crippen LogP contribution >= 0.6 is 11.3 Å². The van der Waals surface area contributed by atoms with Crippen LogP contribution in [0.25, 0.3) is 0 Å². The standard InChI is InChI=1S/C14H17NO3S/c1-3-5-11(16)15-13-12(14(17)18-4-2)10(8-19-13)9-6-7-9/h3,5,8-9H,4,6-7H2,1-2H3,(H,15,16). The van der Waals surface area contributed by atoms with Crippen molar-refractivity contribution in [1.29, 1.82) is 0 Å². The van der Waals surface area contributed by atoms with Crippen molar-refractivity contribution in [2.75, 3.05) is 11.9 Å². The lowest BCUT2D eigenvalue weighted by atomic mass is 10.1. The van der Waals surface area contributed by atoms with Gasteiger partial charge >= 0.3 is 5.97 Å². The fraction of sp³-hybridized carbons (Fsp3) is 0.429. The lowest BCUT2D eigenvalue weighted by Crippen LogP contribution is -2.13. The van der Waals surface area contributed by atoms with E-state index < -0.39 is 0 Å². The Morgan fingerprint density at radius 2 is 2.26 bits per heavy atom. The van der Waals surface area contributed by atoms with E-state index in [1.165, 1.54) is 17.4 Å². The summed E-state index contributed by atoms with van der Waals surface area (Å²) in [5.74, 6) is -0.123. The van der Waals surface area contributed by atoms with Gasteiger partial charge in [-0.2, -0.15) is 0 Å². The number of anilines is 1. The largest absolute Gasteiger partial charge is 0.462 e. The van der Waals surface area contributed by atoms with E-state index >= 15 is 0 Å². The molecule has 19 heavy (non-hydrogen) atoms. The molecule has 1 N–H and O–H groups in total. The van der Waals surface area contributed by atoms with Crippen LogP contribution in [0.3, 0.4) is 0 Å². The van der Waals surface area contributed by atoms with Crippen LogP contribution in [0.2, 0.25) is 0 Å². The first-order valence-electron chi connectivity index (χ1n) is 6.39. The highest BCUT2D eigenvalue weighted by atomic mass is 32.1. The van der Waals surface area contributed by atoms with Crippen LogP contribution in [0.15, 0.2) is 17.5 Å². The molecule has 4 nitrogen and oxygen atoms in total. The second-order valence-corrected chi connectivity index (χ2v) is 5.26. The molecule has 1 aliphatic carbocycles. The molecule has 1 fully saturated rings. The van der Waals surface area contributed by atoms with E-state index in [1.807, 2.05) is 5.38 Å². The summed E-state index contributed by atoms with van der Waals surface area (Å²) < 4.78 is 5.09. The van der Waals surface area contributed by atoms with Crippen LogP contribution < -0.4 is 5.32 Å². The van der Waals surface area contributed by atoms with Gasteiger partial charge in [0.2, 0.25) is 5.91 Å². The number of hydrogen-bond donors (Lipinski definition) is 1. The van der Waals surface area contributed by atoms with Gasteiger partial charge in [-0.25, -0.2) is 4.79 Å². The van der Waals surface area contributed by atoms with Crippen molar-refractivity contribution < 1.29 is 14.3 Å². The van der Waals surface area contributed by atoms with Crippen LogP contribution in [-0.2, 0) is 9.53 Å². The summed E-state index contributed by atoms with van der Waals surface area (Å²) in [4.78, 5) is 23.6. The van der Waals surface area contributed by atoms with Gasteiger partial charge in [-0.15, -0.1) is 11.3 Å². The van der Waals surface area contributed by atoms with Gasteiger partial charge in [0.05, 0.1) is 12.2 Å². The number of amides is 1. The minimum Gasteiger partial charge on any atom is -0.462 e. The molecule has 0 spiro atoms. The third-order valence-electron chi connectivity index (χ3n) is 2.87. The number of thiophene rings is 1. The Bertz CT molecular complexity index is 515. The van der Waals surface area contributed by atoms with Crippen molar-refractivity contribution in [3.05, 3.63) is 28.7 Å². The van der Waals surface area contributed by atoms with Gasteiger partial charge in [-0.3, -0.25) is 4.79 Å². The molecule has 5 heteroatoms. The molecule has 0 bridgehead atoms. The molecule has 0 radical (unpaired) electrons. The van der Waals surface area contributed by atoms with Crippen LogP contribution in [0.1, 0.15) is 48.5 Å². The highest BCUT2D eigenvalue weighted by Crippen LogP contribution is 2.46. The highest BCUT2D eigenvalue weighted by molar-refractivity contribution is 7.15. The van der Waals surface area contributed by atoms with E-state index in [2.05, 4.69) is 5.32 Å². The molecular formula is C14H17NO3S. The van der Waals surface area contributed by atoms with Gasteiger partial charge in [0.1, 0.15) is 5.00 Å². The maximum absolute atomic E-state index is 12.0. The van der Waals surface area contributed by atoms with E-state index in [0.717, 1.165) is 18.4 Å². The Kier molecular flexibility index (Phi) is 4.37. The molecule has 0 aromatic carbocycles. The summed E-state index contributed by atoms with van der Waals surface area (Å²) in [6.45, 7) is 3.88. The van der Waals surface area contributed by atoms with Crippen LogP contribution in [0.4, 0.5) is 5.00 Å². The van der Waals surface area contributed by atoms with Crippen molar-refractivity contribution >= 4 is 28.2 Å². The topological polar surface area (TPSA) is 55.4 Å². The number of esters is 1. The Balaban J connectivity index is 2.27. The van der Waals surface area contributed by atoms with Gasteiger partial charge in [-0.05, 0) is 49.6 Å². The van der Waals surface area contributed by atoms with E-state index in [0.29, 0.717) is 23.1 Å². The average molecular weight is 279 g/mol. The second-order valence-electron chi connectivity index (χ2n) is 4.38. The van der Waals surface area contributed by atoms with Gasteiger partial charge in [0.25, 0.3) is 0 Å². The molecule has 1 aromatic heterocycles. The molecule has 0 unspecified atom stereocenters. The maximum Gasteiger partial charge on any atom is 0.341 e. The van der Waals surface area contributed by atoms with Gasteiger partial charge < -0.3 is 10.1 Å². The number of hydrogen-bond acceptors (Lipinski definition) is 4. The molecule has 1 saturated carbocycles. The fourth-order valence-electron chi connectivity index (χ4n) is 1.88. The van der Waals surface area contributed by atoms with Gasteiger partial charge in [0, 0.05) is 0 Å². The van der Waals surface area contributed by atoms with Gasteiger partial charge in [-0.1, -0.05) is 6.08 Å². The van der Waals surface area contributed by atoms with Crippen molar-refractivity contribution in [1.82, 2.24) is 0 Å². The monoisotopic (exact) mass is 279 g/mol. The smallest absolute Gasteiger partial charge is 0.341 e. The fourth-order valence-corrected chi connectivity index (χ4v) is 2.91. The minimum atomic E-state index is -0.346. The third-order valence-corrected chi connectivity index (χ3v) is 3.78. The number of rotatable bonds is 5. The first kappa shape index (κ1) is 13.8. The Hall–Kier alpha value is -1.62. The average Bonchev–Trinajstić information content (AvgIpc) is 3.12. The molecule has 1 aromatic rings. The summed E-state index contributed by atoms with van der Waals surface area (Å²) in [5, 5.41) is 5.29. The van der Waals surface area contributed by atoms with E-state index in [-0.39, 0.29) is 11.9 Å². The molecule has 2 rings (SSSR count). The van der Waals surface area contributed by atoms with Crippen molar-refractivity contribution in [2.24, 2.45) is 0 Å². The van der Waals surface area contributed by atoms with Crippen LogP contribution in [0.5, 0.6) is 0 Å². The first-order chi connectivity index (χ1) is 9.17. The third kappa shape index (κ3) is 3.23. The first-order valence-corrected chi connectivity index (χ1v) is 7.27. The van der Waals surface area contributed by atoms with Crippen LogP contribution in [0, 0.1) is 0 Å². The molecular weight excluding hydrogens is 262 g/mol. The molecule has 1 amide bonds. The number of carbonyl (C=O) groups is 2. The zero-order chi connectivity index (χ0) is 13.8. The maximum atomic E-state index is 12.0. The molecule has 1 heterocycles. The molecule has 1 aliphatic rings. The molecule has 0 saturated heterocycles. The predicted molar refractivity (Wildman–Crippen MR) is 75.7 cm³/mol. The van der Waals surface area contributed by atoms with E-state index in [9.17, 15) is 9.59 Å². The summed E-state index contributed by atoms with van der Waals surface area (Å²) in [6, 6.07) is 0. The van der Waals surface area contributed by atoms with Crippen molar-refractivity contribution in [2.45, 2.75) is 32.6 Å². The van der Waals surface area contributed by atoms with Gasteiger partial charge in [0.15, 0.2) is 0 Å². The lowest BCUT2D eigenvalue weighted by Gasteiger charge is -2.06. The van der Waals surface area contributed by atoms with Crippen LogP contribution in [-0.4, -0.2) is 18.5 Å². The number of carbonyl (C=O) groups excluding carboxylic acids is 2. The Morgan fingerprint density at radius 1 is 1.53 bits per heavy atom. The minimum absolute atomic E-state index is 0.225. The van der Waals surface area contributed by atoms with E-state index in [1.54, 1.807) is 19.9 Å². The second kappa shape index (κ2) is 6.02. The summed E-state index contributed by atoms with van der Waals surface area (Å²) >= 11 is 1.39. The normalized spacial score (nSPS) is 14.6. The number of allylic oxidation sites excluding steroid dienone is 1. The molecule has 102 valence electrons. The van der Waals surface area contributed by atoms with Crippen molar-refractivity contribution in [3.63, 3.8) is 0 Å². The lowest BCUT2D eigenvalue weighted by molar-refractivity contribution is -0.111. The highest BCUT2D eigenvalue weighted by Gasteiger charge is 2.32. The molecule has 0 aliphatic heterocycles. The summed E-state index contributed by atoms with van der Waals surface area (Å²) in [6.07, 6.45) is 5.30. The zero-order valence-electron chi connectivity index (χ0n) is 11.1. The predicted octanol–water partition coefficient (Wildman–Crippen LogP) is 3.32. The molecule has 0 atom stereocenters. The number of nitrogens with one attached hydrogen (secondary N) is 1. The quantitative estimate of drug-likeness (QED) is 0.664. The zero-order valence-corrected chi connectivity index (χ0v) is 11.9. The van der Waals surface area contributed by atoms with Crippen molar-refractivity contribution in [3.8, 4) is 0 Å². The SMILES string of the molecule is CC=CC(=O)Nc1scc(C2CC2)c1C(=O)OCC. The summed E-state index contributed by atoms with van der Waals surface area (Å²) in [7, 11) is 0. The Morgan fingerprint density at radius 3 is 2.84 bits per heavy atom. The number of ether oxygens (including phenoxy) is 1.